The predicted octanol–water partition coefficient (Wildman–Crippen LogP) is 4.13. The summed E-state index contributed by atoms with van der Waals surface area (Å²) in [5.41, 5.74) is 0.387. The molecule has 0 amide bonds. The third-order valence-corrected chi connectivity index (χ3v) is 4.13. The Morgan fingerprint density at radius 1 is 1.11 bits per heavy atom. The van der Waals surface area contributed by atoms with Crippen molar-refractivity contribution < 1.29 is 13.9 Å². The van der Waals surface area contributed by atoms with Crippen molar-refractivity contribution in [2.45, 2.75) is 45.6 Å². The average molecular weight is 254 g/mol. The van der Waals surface area contributed by atoms with Gasteiger partial charge in [0, 0.05) is 5.56 Å². The summed E-state index contributed by atoms with van der Waals surface area (Å²) in [5.74, 6) is -0.997. The van der Waals surface area contributed by atoms with Crippen LogP contribution in [0.25, 0.3) is 0 Å². The lowest BCUT2D eigenvalue weighted by Crippen LogP contribution is -2.20. The molecule has 0 aromatic heterocycles. The van der Waals surface area contributed by atoms with Crippen molar-refractivity contribution in [3.63, 3.8) is 0 Å². The average Bonchev–Trinajstić information content (AvgIpc) is 2.36. The zero-order valence-electron chi connectivity index (χ0n) is 10.9. The fourth-order valence-corrected chi connectivity index (χ4v) is 2.74. The molecule has 0 spiro atoms. The third-order valence-electron chi connectivity index (χ3n) is 4.13. The molecule has 1 saturated carbocycles. The van der Waals surface area contributed by atoms with Crippen LogP contribution in [0.5, 0.6) is 0 Å². The Morgan fingerprint density at radius 3 is 2.33 bits per heavy atom. The summed E-state index contributed by atoms with van der Waals surface area (Å²) in [6, 6.07) is 3.04. The van der Waals surface area contributed by atoms with Gasteiger partial charge in [-0.1, -0.05) is 31.9 Å². The van der Waals surface area contributed by atoms with Crippen LogP contribution in [-0.2, 0) is 0 Å². The zero-order valence-corrected chi connectivity index (χ0v) is 10.9. The largest absolute Gasteiger partial charge is 0.388 e. The standard InChI is InChI=1S/C15H20F2O/c1-9-3-6-11(7-4-9)15(18)12-8-5-10(2)13(16)14(12)17/h5,8-9,11,15,18H,3-4,6-7H2,1-2H3. The van der Waals surface area contributed by atoms with Crippen LogP contribution in [-0.4, -0.2) is 5.11 Å². The smallest absolute Gasteiger partial charge is 0.164 e. The van der Waals surface area contributed by atoms with Gasteiger partial charge in [0.15, 0.2) is 11.6 Å². The Hall–Kier alpha value is -0.960. The number of aryl methyl sites for hydroxylation is 1. The molecular formula is C15H20F2O. The minimum atomic E-state index is -0.888. The number of benzene rings is 1. The molecule has 0 saturated heterocycles. The van der Waals surface area contributed by atoms with Crippen LogP contribution in [0.2, 0.25) is 0 Å². The lowest BCUT2D eigenvalue weighted by Gasteiger charge is -2.30. The first-order valence-corrected chi connectivity index (χ1v) is 6.63. The van der Waals surface area contributed by atoms with Crippen molar-refractivity contribution in [1.82, 2.24) is 0 Å². The molecule has 1 atom stereocenters. The van der Waals surface area contributed by atoms with Gasteiger partial charge in [-0.15, -0.1) is 0 Å². The van der Waals surface area contributed by atoms with Gasteiger partial charge in [-0.25, -0.2) is 8.78 Å². The second-order valence-electron chi connectivity index (χ2n) is 5.56. The maximum absolute atomic E-state index is 13.8. The second-order valence-corrected chi connectivity index (χ2v) is 5.56. The molecule has 0 radical (unpaired) electrons. The van der Waals surface area contributed by atoms with E-state index in [1.165, 1.54) is 19.1 Å². The summed E-state index contributed by atoms with van der Waals surface area (Å²) >= 11 is 0. The second kappa shape index (κ2) is 5.35. The van der Waals surface area contributed by atoms with Crippen molar-refractivity contribution >= 4 is 0 Å². The molecule has 2 rings (SSSR count). The van der Waals surface area contributed by atoms with Crippen LogP contribution in [0, 0.1) is 30.4 Å². The fourth-order valence-electron chi connectivity index (χ4n) is 2.74. The Labute approximate surface area is 107 Å². The molecule has 1 nitrogen and oxygen atoms in total. The summed E-state index contributed by atoms with van der Waals surface area (Å²) in [6.45, 7) is 3.71. The highest BCUT2D eigenvalue weighted by molar-refractivity contribution is 5.27. The number of hydrogen-bond donors (Lipinski definition) is 1. The highest BCUT2D eigenvalue weighted by Gasteiger charge is 2.28. The van der Waals surface area contributed by atoms with E-state index in [1.807, 2.05) is 0 Å². The Bertz CT molecular complexity index is 423. The fraction of sp³-hybridized carbons (Fsp3) is 0.600. The molecule has 1 aliphatic carbocycles. The normalized spacial score (nSPS) is 26.1. The topological polar surface area (TPSA) is 20.2 Å². The molecule has 1 fully saturated rings. The molecule has 3 heteroatoms. The van der Waals surface area contributed by atoms with E-state index in [0.29, 0.717) is 5.92 Å². The molecule has 18 heavy (non-hydrogen) atoms. The maximum Gasteiger partial charge on any atom is 0.164 e. The van der Waals surface area contributed by atoms with Crippen LogP contribution in [0.3, 0.4) is 0 Å². The van der Waals surface area contributed by atoms with E-state index >= 15 is 0 Å². The predicted molar refractivity (Wildman–Crippen MR) is 67.2 cm³/mol. The maximum atomic E-state index is 13.8. The quantitative estimate of drug-likeness (QED) is 0.841. The highest BCUT2D eigenvalue weighted by Crippen LogP contribution is 2.37. The van der Waals surface area contributed by atoms with Crippen molar-refractivity contribution in [2.24, 2.45) is 11.8 Å². The van der Waals surface area contributed by atoms with Crippen LogP contribution < -0.4 is 0 Å². The van der Waals surface area contributed by atoms with Crippen LogP contribution in [0.1, 0.15) is 49.8 Å². The van der Waals surface area contributed by atoms with Gasteiger partial charge in [0.25, 0.3) is 0 Å². The monoisotopic (exact) mass is 254 g/mol. The SMILES string of the molecule is Cc1ccc(C(O)C2CCC(C)CC2)c(F)c1F. The van der Waals surface area contributed by atoms with E-state index < -0.39 is 17.7 Å². The van der Waals surface area contributed by atoms with E-state index in [0.717, 1.165) is 25.7 Å². The van der Waals surface area contributed by atoms with E-state index in [2.05, 4.69) is 6.92 Å². The number of aliphatic hydroxyl groups excluding tert-OH is 1. The third kappa shape index (κ3) is 2.56. The molecule has 0 heterocycles. The van der Waals surface area contributed by atoms with Crippen molar-refractivity contribution in [1.29, 1.82) is 0 Å². The lowest BCUT2D eigenvalue weighted by atomic mass is 9.78. The molecule has 1 aromatic rings. The number of rotatable bonds is 2. The van der Waals surface area contributed by atoms with Crippen molar-refractivity contribution in [2.75, 3.05) is 0 Å². The summed E-state index contributed by atoms with van der Waals surface area (Å²) in [6.07, 6.45) is 3.00. The summed E-state index contributed by atoms with van der Waals surface area (Å²) < 4.78 is 27.3. The van der Waals surface area contributed by atoms with Gasteiger partial charge < -0.3 is 5.11 Å². The minimum absolute atomic E-state index is 0.0535. The van der Waals surface area contributed by atoms with Crippen LogP contribution in [0.15, 0.2) is 12.1 Å². The van der Waals surface area contributed by atoms with Gasteiger partial charge >= 0.3 is 0 Å². The summed E-state index contributed by atoms with van der Waals surface area (Å²) in [5, 5.41) is 10.2. The first kappa shape index (κ1) is 13.5. The van der Waals surface area contributed by atoms with Gasteiger partial charge in [-0.3, -0.25) is 0 Å². The molecule has 0 aliphatic heterocycles. The Morgan fingerprint density at radius 2 is 1.72 bits per heavy atom. The van der Waals surface area contributed by atoms with Gasteiger partial charge in [0.1, 0.15) is 0 Å². The van der Waals surface area contributed by atoms with Gasteiger partial charge in [-0.05, 0) is 37.2 Å². The Balaban J connectivity index is 2.18. The lowest BCUT2D eigenvalue weighted by molar-refractivity contribution is 0.0720. The van der Waals surface area contributed by atoms with Crippen molar-refractivity contribution in [3.8, 4) is 0 Å². The first-order valence-electron chi connectivity index (χ1n) is 6.63. The molecule has 1 aromatic carbocycles. The summed E-state index contributed by atoms with van der Waals surface area (Å²) in [7, 11) is 0. The van der Waals surface area contributed by atoms with Crippen LogP contribution >= 0.6 is 0 Å². The number of aliphatic hydroxyl groups is 1. The molecule has 1 aliphatic rings. The molecule has 1 N–H and O–H groups in total. The van der Waals surface area contributed by atoms with E-state index in [1.54, 1.807) is 0 Å². The molecular weight excluding hydrogens is 234 g/mol. The van der Waals surface area contributed by atoms with Crippen molar-refractivity contribution in [3.05, 3.63) is 34.9 Å². The zero-order chi connectivity index (χ0) is 13.3. The minimum Gasteiger partial charge on any atom is -0.388 e. The van der Waals surface area contributed by atoms with Gasteiger partial charge in [0.05, 0.1) is 6.10 Å². The highest BCUT2D eigenvalue weighted by atomic mass is 19.2. The Kier molecular flexibility index (Phi) is 4.00. The first-order chi connectivity index (χ1) is 8.50. The van der Waals surface area contributed by atoms with E-state index in [4.69, 9.17) is 0 Å². The number of halogens is 2. The molecule has 1 unspecified atom stereocenters. The van der Waals surface area contributed by atoms with Gasteiger partial charge in [0.2, 0.25) is 0 Å². The van der Waals surface area contributed by atoms with Crippen LogP contribution in [0.4, 0.5) is 8.78 Å². The van der Waals surface area contributed by atoms with Gasteiger partial charge in [-0.2, -0.15) is 0 Å². The summed E-state index contributed by atoms with van der Waals surface area (Å²) in [4.78, 5) is 0. The molecule has 0 bridgehead atoms. The number of hydrogen-bond acceptors (Lipinski definition) is 1. The molecule has 100 valence electrons. The van der Waals surface area contributed by atoms with E-state index in [9.17, 15) is 13.9 Å². The van der Waals surface area contributed by atoms with E-state index in [-0.39, 0.29) is 17.0 Å².